The summed E-state index contributed by atoms with van der Waals surface area (Å²) >= 11 is 1.64. The molecule has 5 nitrogen and oxygen atoms in total. The molecule has 2 atom stereocenters. The number of aliphatic carboxylic acids is 1. The minimum absolute atomic E-state index is 0.192. The van der Waals surface area contributed by atoms with Gasteiger partial charge in [-0.1, -0.05) is 0 Å². The number of alkyl halides is 3. The SMILES string of the molecule is CC1(CNC(=O)NC(C)(C(=O)O)C(F)(F)F)CCCS1. The van der Waals surface area contributed by atoms with Crippen LogP contribution in [0.3, 0.4) is 0 Å². The summed E-state index contributed by atoms with van der Waals surface area (Å²) in [5, 5.41) is 12.5. The van der Waals surface area contributed by atoms with Crippen LogP contribution in [0.1, 0.15) is 26.7 Å². The van der Waals surface area contributed by atoms with Crippen molar-refractivity contribution >= 4 is 23.8 Å². The van der Waals surface area contributed by atoms with Gasteiger partial charge < -0.3 is 15.7 Å². The van der Waals surface area contributed by atoms with E-state index in [1.54, 1.807) is 11.8 Å². The van der Waals surface area contributed by atoms with E-state index in [4.69, 9.17) is 5.11 Å². The minimum Gasteiger partial charge on any atom is -0.479 e. The van der Waals surface area contributed by atoms with Crippen molar-refractivity contribution in [3.05, 3.63) is 0 Å². The van der Waals surface area contributed by atoms with Crippen molar-refractivity contribution in [2.45, 2.75) is 43.2 Å². The molecule has 0 aromatic heterocycles. The third-order valence-corrected chi connectivity index (χ3v) is 4.82. The predicted octanol–water partition coefficient (Wildman–Crippen LogP) is 1.98. The standard InChI is InChI=1S/C11H17F3N2O3S/c1-9(4-3-5-20-9)6-15-8(19)16-10(2,7(17)18)11(12,13)14/h3-6H2,1-2H3,(H,17,18)(H2,15,16,19). The van der Waals surface area contributed by atoms with E-state index in [2.05, 4.69) is 5.32 Å². The highest BCUT2D eigenvalue weighted by Crippen LogP contribution is 2.37. The number of halogens is 3. The van der Waals surface area contributed by atoms with E-state index < -0.39 is 23.7 Å². The zero-order chi connectivity index (χ0) is 15.6. The Labute approximate surface area is 118 Å². The quantitative estimate of drug-likeness (QED) is 0.741. The number of amides is 2. The number of rotatable bonds is 4. The van der Waals surface area contributed by atoms with Gasteiger partial charge in [0.1, 0.15) is 0 Å². The first-order chi connectivity index (χ1) is 9.00. The zero-order valence-corrected chi connectivity index (χ0v) is 12.0. The Bertz CT molecular complexity index is 397. The Kier molecular flexibility index (Phi) is 4.83. The number of hydrogen-bond donors (Lipinski definition) is 3. The predicted molar refractivity (Wildman–Crippen MR) is 68.7 cm³/mol. The third kappa shape index (κ3) is 3.71. The van der Waals surface area contributed by atoms with E-state index in [9.17, 15) is 22.8 Å². The van der Waals surface area contributed by atoms with Gasteiger partial charge >= 0.3 is 18.2 Å². The highest BCUT2D eigenvalue weighted by molar-refractivity contribution is 8.00. The molecule has 0 aromatic carbocycles. The Balaban J connectivity index is 2.62. The molecule has 2 unspecified atom stereocenters. The molecule has 1 aliphatic heterocycles. The Morgan fingerprint density at radius 3 is 2.40 bits per heavy atom. The number of hydrogen-bond acceptors (Lipinski definition) is 3. The van der Waals surface area contributed by atoms with Crippen molar-refractivity contribution in [3.8, 4) is 0 Å². The maximum Gasteiger partial charge on any atom is 0.422 e. The van der Waals surface area contributed by atoms with Crippen LogP contribution in [-0.2, 0) is 4.79 Å². The van der Waals surface area contributed by atoms with Crippen LogP contribution >= 0.6 is 11.8 Å². The minimum atomic E-state index is -5.08. The van der Waals surface area contributed by atoms with Gasteiger partial charge in [-0.3, -0.25) is 0 Å². The third-order valence-electron chi connectivity index (χ3n) is 3.28. The van der Waals surface area contributed by atoms with E-state index in [0.29, 0.717) is 6.92 Å². The van der Waals surface area contributed by atoms with Crippen molar-refractivity contribution in [2.75, 3.05) is 12.3 Å². The molecule has 0 bridgehead atoms. The van der Waals surface area contributed by atoms with Gasteiger partial charge in [-0.05, 0) is 32.4 Å². The lowest BCUT2D eigenvalue weighted by atomic mass is 10.0. The van der Waals surface area contributed by atoms with Gasteiger partial charge in [-0.2, -0.15) is 24.9 Å². The van der Waals surface area contributed by atoms with Gasteiger partial charge in [0.2, 0.25) is 5.54 Å². The van der Waals surface area contributed by atoms with Crippen molar-refractivity contribution in [1.82, 2.24) is 10.6 Å². The highest BCUT2D eigenvalue weighted by atomic mass is 32.2. The van der Waals surface area contributed by atoms with E-state index >= 15 is 0 Å². The fraction of sp³-hybridized carbons (Fsp3) is 0.818. The molecule has 0 saturated carbocycles. The summed E-state index contributed by atoms with van der Waals surface area (Å²) in [6, 6.07) is -1.14. The fourth-order valence-corrected chi connectivity index (χ4v) is 3.00. The van der Waals surface area contributed by atoms with Gasteiger partial charge in [-0.15, -0.1) is 0 Å². The largest absolute Gasteiger partial charge is 0.479 e. The topological polar surface area (TPSA) is 78.4 Å². The molecular formula is C11H17F3N2O3S. The summed E-state index contributed by atoms with van der Waals surface area (Å²) in [5.74, 6) is -1.21. The second kappa shape index (κ2) is 5.71. The number of thioether (sulfide) groups is 1. The lowest BCUT2D eigenvalue weighted by Crippen LogP contribution is -2.64. The van der Waals surface area contributed by atoms with E-state index in [1.165, 1.54) is 5.32 Å². The molecule has 1 saturated heterocycles. The lowest BCUT2D eigenvalue weighted by Gasteiger charge is -2.29. The highest BCUT2D eigenvalue weighted by Gasteiger charge is 2.58. The summed E-state index contributed by atoms with van der Waals surface area (Å²) in [4.78, 5) is 22.3. The van der Waals surface area contributed by atoms with Crippen molar-refractivity contribution in [3.63, 3.8) is 0 Å². The number of urea groups is 1. The van der Waals surface area contributed by atoms with Crippen molar-refractivity contribution < 1.29 is 27.9 Å². The summed E-state index contributed by atoms with van der Waals surface area (Å²) < 4.78 is 37.9. The molecule has 1 rings (SSSR count). The van der Waals surface area contributed by atoms with Crippen LogP contribution < -0.4 is 10.6 Å². The van der Waals surface area contributed by atoms with Crippen LogP contribution in [-0.4, -0.2) is 45.9 Å². The summed E-state index contributed by atoms with van der Waals surface area (Å²) in [7, 11) is 0. The second-order valence-corrected chi connectivity index (χ2v) is 6.82. The van der Waals surface area contributed by atoms with E-state index in [-0.39, 0.29) is 11.3 Å². The monoisotopic (exact) mass is 314 g/mol. The van der Waals surface area contributed by atoms with Gasteiger partial charge in [-0.25, -0.2) is 9.59 Å². The summed E-state index contributed by atoms with van der Waals surface area (Å²) in [5.41, 5.74) is -3.30. The van der Waals surface area contributed by atoms with E-state index in [1.807, 2.05) is 6.92 Å². The van der Waals surface area contributed by atoms with Crippen molar-refractivity contribution in [2.24, 2.45) is 0 Å². The average molecular weight is 314 g/mol. The number of carbonyl (C=O) groups is 2. The van der Waals surface area contributed by atoms with Gasteiger partial charge in [0, 0.05) is 11.3 Å². The number of carbonyl (C=O) groups excluding carboxylic acids is 1. The van der Waals surface area contributed by atoms with Crippen LogP contribution in [0.25, 0.3) is 0 Å². The second-order valence-electron chi connectivity index (χ2n) is 5.14. The number of nitrogens with one attached hydrogen (secondary N) is 2. The zero-order valence-electron chi connectivity index (χ0n) is 11.1. The molecule has 3 N–H and O–H groups in total. The molecule has 1 heterocycles. The molecule has 1 aliphatic rings. The molecule has 9 heteroatoms. The van der Waals surface area contributed by atoms with Gasteiger partial charge in [0.05, 0.1) is 0 Å². The first-order valence-electron chi connectivity index (χ1n) is 6.00. The van der Waals surface area contributed by atoms with E-state index in [0.717, 1.165) is 18.6 Å². The number of carboxylic acids is 1. The molecule has 0 aliphatic carbocycles. The molecule has 0 radical (unpaired) electrons. The fourth-order valence-electron chi connectivity index (χ4n) is 1.76. The average Bonchev–Trinajstić information content (AvgIpc) is 2.72. The first-order valence-corrected chi connectivity index (χ1v) is 6.99. The maximum atomic E-state index is 12.7. The van der Waals surface area contributed by atoms with Crippen LogP contribution in [0, 0.1) is 0 Å². The van der Waals surface area contributed by atoms with Crippen LogP contribution in [0.4, 0.5) is 18.0 Å². The van der Waals surface area contributed by atoms with Gasteiger partial charge in [0.15, 0.2) is 0 Å². The summed E-state index contributed by atoms with van der Waals surface area (Å²) in [6.45, 7) is 2.52. The Morgan fingerprint density at radius 2 is 2.00 bits per heavy atom. The van der Waals surface area contributed by atoms with Gasteiger partial charge in [0.25, 0.3) is 0 Å². The van der Waals surface area contributed by atoms with Crippen LogP contribution in [0.2, 0.25) is 0 Å². The van der Waals surface area contributed by atoms with Crippen LogP contribution in [0.15, 0.2) is 0 Å². The molecular weight excluding hydrogens is 297 g/mol. The Morgan fingerprint density at radius 1 is 1.40 bits per heavy atom. The van der Waals surface area contributed by atoms with Crippen LogP contribution in [0.5, 0.6) is 0 Å². The number of carboxylic acid groups (broad SMARTS) is 1. The molecule has 0 aromatic rings. The Hall–Kier alpha value is -1.12. The molecule has 0 spiro atoms. The summed E-state index contributed by atoms with van der Waals surface area (Å²) in [6.07, 6.45) is -3.24. The maximum absolute atomic E-state index is 12.7. The molecule has 2 amide bonds. The van der Waals surface area contributed by atoms with Crippen molar-refractivity contribution in [1.29, 1.82) is 0 Å². The molecule has 20 heavy (non-hydrogen) atoms. The first kappa shape index (κ1) is 16.9. The normalized spacial score (nSPS) is 25.9. The molecule has 116 valence electrons. The lowest BCUT2D eigenvalue weighted by molar-refractivity contribution is -0.203. The smallest absolute Gasteiger partial charge is 0.422 e. The molecule has 1 fully saturated rings.